The van der Waals surface area contributed by atoms with Crippen molar-refractivity contribution in [1.82, 2.24) is 0 Å². The van der Waals surface area contributed by atoms with E-state index in [1.54, 1.807) is 0 Å². The van der Waals surface area contributed by atoms with Gasteiger partial charge < -0.3 is 0 Å². The normalized spacial score (nSPS) is 23.9. The highest BCUT2D eigenvalue weighted by Crippen LogP contribution is 2.69. The van der Waals surface area contributed by atoms with Gasteiger partial charge in [0.15, 0.2) is 0 Å². The maximum Gasteiger partial charge on any atom is 0.140 e. The highest BCUT2D eigenvalue weighted by molar-refractivity contribution is 5.88. The van der Waals surface area contributed by atoms with E-state index in [1.165, 1.54) is 0 Å². The minimum absolute atomic E-state index is 0.215. The predicted octanol–water partition coefficient (Wildman–Crippen LogP) is 3.67. The third kappa shape index (κ3) is 1.41. The lowest BCUT2D eigenvalue weighted by molar-refractivity contribution is -0.125. The Morgan fingerprint density at radius 1 is 1.07 bits per heavy atom. The Bertz CT molecular complexity index is 220. The van der Waals surface area contributed by atoms with Gasteiger partial charge in [-0.15, -0.1) is 0 Å². The molecule has 0 aromatic heterocycles. The van der Waals surface area contributed by atoms with E-state index in [0.29, 0.717) is 17.6 Å². The molecule has 1 fully saturated rings. The first-order valence-electron chi connectivity index (χ1n) is 5.84. The van der Waals surface area contributed by atoms with Gasteiger partial charge in [-0.05, 0) is 23.7 Å². The number of rotatable bonds is 4. The highest BCUT2D eigenvalue weighted by Gasteiger charge is 2.68. The summed E-state index contributed by atoms with van der Waals surface area (Å²) in [6.45, 7) is 13.1. The lowest BCUT2D eigenvalue weighted by Gasteiger charge is -2.11. The second-order valence-electron chi connectivity index (χ2n) is 5.79. The molecule has 1 saturated carbocycles. The van der Waals surface area contributed by atoms with E-state index >= 15 is 0 Å². The van der Waals surface area contributed by atoms with Crippen LogP contribution in [0.2, 0.25) is 0 Å². The highest BCUT2D eigenvalue weighted by atomic mass is 16.1. The summed E-state index contributed by atoms with van der Waals surface area (Å²) in [6, 6.07) is 0. The molecule has 0 atom stereocenters. The SMILES string of the molecule is CCC(CC)C(=O)C1C(C)(C)C1(C)C. The number of carbonyl (C=O) groups is 1. The van der Waals surface area contributed by atoms with Crippen LogP contribution in [-0.2, 0) is 4.79 Å². The molecule has 1 aliphatic carbocycles. The molecule has 0 radical (unpaired) electrons. The van der Waals surface area contributed by atoms with E-state index < -0.39 is 0 Å². The number of carbonyl (C=O) groups excluding carboxylic acids is 1. The molecule has 0 aliphatic heterocycles. The molecule has 0 amide bonds. The van der Waals surface area contributed by atoms with Crippen LogP contribution in [0.1, 0.15) is 54.4 Å². The van der Waals surface area contributed by atoms with Crippen LogP contribution in [0.3, 0.4) is 0 Å². The zero-order valence-electron chi connectivity index (χ0n) is 10.5. The first kappa shape index (κ1) is 11.7. The molecular formula is C13H24O. The molecule has 1 aliphatic rings. The van der Waals surface area contributed by atoms with Crippen molar-refractivity contribution >= 4 is 5.78 Å². The van der Waals surface area contributed by atoms with Gasteiger partial charge in [0.25, 0.3) is 0 Å². The first-order valence-corrected chi connectivity index (χ1v) is 5.84. The molecule has 1 nitrogen and oxygen atoms in total. The monoisotopic (exact) mass is 196 g/mol. The van der Waals surface area contributed by atoms with Gasteiger partial charge in [-0.2, -0.15) is 0 Å². The Morgan fingerprint density at radius 3 is 1.64 bits per heavy atom. The third-order valence-corrected chi connectivity index (χ3v) is 4.69. The van der Waals surface area contributed by atoms with E-state index in [0.717, 1.165) is 12.8 Å². The molecule has 0 aromatic carbocycles. The third-order valence-electron chi connectivity index (χ3n) is 4.69. The molecular weight excluding hydrogens is 172 g/mol. The number of Topliss-reactive ketones (excluding diaryl/α,β-unsaturated/α-hetero) is 1. The molecule has 0 saturated heterocycles. The van der Waals surface area contributed by atoms with Crippen LogP contribution < -0.4 is 0 Å². The number of ketones is 1. The second kappa shape index (κ2) is 3.36. The molecule has 0 unspecified atom stereocenters. The van der Waals surface area contributed by atoms with Crippen LogP contribution in [0.4, 0.5) is 0 Å². The topological polar surface area (TPSA) is 17.1 Å². The molecule has 0 spiro atoms. The van der Waals surface area contributed by atoms with Crippen molar-refractivity contribution in [3.8, 4) is 0 Å². The summed E-state index contributed by atoms with van der Waals surface area (Å²) in [5, 5.41) is 0. The Morgan fingerprint density at radius 2 is 1.43 bits per heavy atom. The Labute approximate surface area is 88.3 Å². The number of hydrogen-bond acceptors (Lipinski definition) is 1. The molecule has 82 valence electrons. The first-order chi connectivity index (χ1) is 6.30. The summed E-state index contributed by atoms with van der Waals surface area (Å²) >= 11 is 0. The van der Waals surface area contributed by atoms with Gasteiger partial charge in [0, 0.05) is 11.8 Å². The van der Waals surface area contributed by atoms with Crippen molar-refractivity contribution in [2.45, 2.75) is 54.4 Å². The summed E-state index contributed by atoms with van der Waals surface area (Å²) in [5.41, 5.74) is 0.430. The summed E-state index contributed by atoms with van der Waals surface area (Å²) in [4.78, 5) is 12.2. The van der Waals surface area contributed by atoms with Gasteiger partial charge in [0.05, 0.1) is 0 Å². The van der Waals surface area contributed by atoms with Crippen LogP contribution in [0.5, 0.6) is 0 Å². The Balaban J connectivity index is 2.75. The van der Waals surface area contributed by atoms with Crippen molar-refractivity contribution in [1.29, 1.82) is 0 Å². The maximum absolute atomic E-state index is 12.2. The quantitative estimate of drug-likeness (QED) is 0.670. The molecule has 1 heteroatoms. The number of hydrogen-bond donors (Lipinski definition) is 0. The van der Waals surface area contributed by atoms with E-state index in [4.69, 9.17) is 0 Å². The average Bonchev–Trinajstić information content (AvgIpc) is 2.44. The van der Waals surface area contributed by atoms with Crippen LogP contribution >= 0.6 is 0 Å². The van der Waals surface area contributed by atoms with Crippen molar-refractivity contribution in [2.24, 2.45) is 22.7 Å². The zero-order valence-corrected chi connectivity index (χ0v) is 10.5. The largest absolute Gasteiger partial charge is 0.299 e. The molecule has 1 rings (SSSR count). The minimum atomic E-state index is 0.215. The van der Waals surface area contributed by atoms with Gasteiger partial charge in [-0.1, -0.05) is 41.5 Å². The average molecular weight is 196 g/mol. The Kier molecular flexibility index (Phi) is 2.82. The zero-order chi connectivity index (χ0) is 11.1. The van der Waals surface area contributed by atoms with Crippen LogP contribution in [0, 0.1) is 22.7 Å². The summed E-state index contributed by atoms with van der Waals surface area (Å²) in [6.07, 6.45) is 2.00. The van der Waals surface area contributed by atoms with Crippen molar-refractivity contribution in [3.05, 3.63) is 0 Å². The molecule has 0 bridgehead atoms. The van der Waals surface area contributed by atoms with Gasteiger partial charge in [0.1, 0.15) is 5.78 Å². The van der Waals surface area contributed by atoms with E-state index in [-0.39, 0.29) is 10.8 Å². The minimum Gasteiger partial charge on any atom is -0.299 e. The van der Waals surface area contributed by atoms with Crippen LogP contribution in [-0.4, -0.2) is 5.78 Å². The van der Waals surface area contributed by atoms with E-state index in [2.05, 4.69) is 41.5 Å². The van der Waals surface area contributed by atoms with Gasteiger partial charge in [-0.25, -0.2) is 0 Å². The molecule has 0 N–H and O–H groups in total. The molecule has 14 heavy (non-hydrogen) atoms. The van der Waals surface area contributed by atoms with Crippen molar-refractivity contribution < 1.29 is 4.79 Å². The fourth-order valence-corrected chi connectivity index (χ4v) is 2.83. The van der Waals surface area contributed by atoms with Gasteiger partial charge in [-0.3, -0.25) is 4.79 Å². The second-order valence-corrected chi connectivity index (χ2v) is 5.79. The maximum atomic E-state index is 12.2. The van der Waals surface area contributed by atoms with Crippen LogP contribution in [0.25, 0.3) is 0 Å². The predicted molar refractivity (Wildman–Crippen MR) is 60.1 cm³/mol. The fourth-order valence-electron chi connectivity index (χ4n) is 2.83. The molecule has 0 heterocycles. The lowest BCUT2D eigenvalue weighted by atomic mass is 9.91. The van der Waals surface area contributed by atoms with Crippen molar-refractivity contribution in [2.75, 3.05) is 0 Å². The van der Waals surface area contributed by atoms with Crippen LogP contribution in [0.15, 0.2) is 0 Å². The van der Waals surface area contributed by atoms with E-state index in [9.17, 15) is 4.79 Å². The van der Waals surface area contributed by atoms with E-state index in [1.807, 2.05) is 0 Å². The van der Waals surface area contributed by atoms with Gasteiger partial charge in [0.2, 0.25) is 0 Å². The van der Waals surface area contributed by atoms with Crippen molar-refractivity contribution in [3.63, 3.8) is 0 Å². The van der Waals surface area contributed by atoms with Gasteiger partial charge >= 0.3 is 0 Å². The Hall–Kier alpha value is -0.330. The fraction of sp³-hybridized carbons (Fsp3) is 0.923. The smallest absolute Gasteiger partial charge is 0.140 e. The lowest BCUT2D eigenvalue weighted by Crippen LogP contribution is -2.18. The standard InChI is InChI=1S/C13H24O/c1-7-9(8-2)10(14)11-12(3,4)13(11,5)6/h9,11H,7-8H2,1-6H3. The summed E-state index contributed by atoms with van der Waals surface area (Å²) in [5.74, 6) is 1.09. The summed E-state index contributed by atoms with van der Waals surface area (Å²) in [7, 11) is 0. The molecule has 0 aromatic rings. The summed E-state index contributed by atoms with van der Waals surface area (Å²) < 4.78 is 0.